The van der Waals surface area contributed by atoms with Crippen LogP contribution in [0.5, 0.6) is 0 Å². The van der Waals surface area contributed by atoms with E-state index in [1.807, 2.05) is 18.4 Å². The summed E-state index contributed by atoms with van der Waals surface area (Å²) in [5.41, 5.74) is 5.48. The number of H-pyrrole nitrogens is 1. The van der Waals surface area contributed by atoms with Crippen molar-refractivity contribution in [3.8, 4) is 0 Å². The summed E-state index contributed by atoms with van der Waals surface area (Å²) in [7, 11) is 0. The first-order chi connectivity index (χ1) is 15.1. The fourth-order valence-corrected chi connectivity index (χ4v) is 5.29. The van der Waals surface area contributed by atoms with Gasteiger partial charge in [-0.05, 0) is 60.4 Å². The number of rotatable bonds is 3. The highest BCUT2D eigenvalue weighted by Crippen LogP contribution is 2.51. The molecule has 0 saturated carbocycles. The Bertz CT molecular complexity index is 1340. The summed E-state index contributed by atoms with van der Waals surface area (Å²) >= 11 is 0. The summed E-state index contributed by atoms with van der Waals surface area (Å²) in [6, 6.07) is 18.5. The number of aromatic nitrogens is 1. The zero-order valence-corrected chi connectivity index (χ0v) is 17.9. The molecule has 0 radical (unpaired) electrons. The second-order valence-electron chi connectivity index (χ2n) is 8.56. The average molecular weight is 407 g/mol. The third-order valence-corrected chi connectivity index (χ3v) is 6.52. The molecule has 2 bridgehead atoms. The molecule has 1 aromatic heterocycles. The maximum Gasteiger partial charge on any atom is 0.248 e. The highest BCUT2D eigenvalue weighted by atomic mass is 16.1. The molecule has 1 heterocycles. The van der Waals surface area contributed by atoms with Crippen molar-refractivity contribution in [3.63, 3.8) is 0 Å². The Hall–Kier alpha value is -3.46. The molecule has 3 heteroatoms. The van der Waals surface area contributed by atoms with Gasteiger partial charge in [0.1, 0.15) is 5.54 Å². The lowest BCUT2D eigenvalue weighted by Gasteiger charge is -2.45. The van der Waals surface area contributed by atoms with Crippen LogP contribution in [0.3, 0.4) is 0 Å². The predicted octanol–water partition coefficient (Wildman–Crippen LogP) is 5.98. The van der Waals surface area contributed by atoms with E-state index in [2.05, 4.69) is 79.5 Å². The number of allylic oxidation sites excluding steroid dienone is 3. The highest BCUT2D eigenvalue weighted by Gasteiger charge is 2.46. The van der Waals surface area contributed by atoms with E-state index in [1.54, 1.807) is 6.07 Å². The number of fused-ring (bicyclic) bond motifs is 5. The molecule has 0 fully saturated rings. The van der Waals surface area contributed by atoms with Gasteiger partial charge in [-0.25, -0.2) is 0 Å². The molecular weight excluding hydrogens is 380 g/mol. The zero-order chi connectivity index (χ0) is 21.4. The van der Waals surface area contributed by atoms with Crippen molar-refractivity contribution in [2.75, 3.05) is 0 Å². The molecule has 154 valence electrons. The quantitative estimate of drug-likeness (QED) is 0.422. The van der Waals surface area contributed by atoms with Gasteiger partial charge in [0, 0.05) is 35.9 Å². The Morgan fingerprint density at radius 1 is 1.10 bits per heavy atom. The molecule has 0 saturated heterocycles. The lowest BCUT2D eigenvalue weighted by Crippen LogP contribution is -2.40. The number of hydrogen-bond acceptors (Lipinski definition) is 2. The first-order valence-electron chi connectivity index (χ1n) is 10.9. The SMILES string of the molecule is CC=C1[C@H]2C=C(C)C[C@]1(N=CC=Cc1ccc3ccccc3c1)c1ccc(=O)[nH]c1C2. The second-order valence-corrected chi connectivity index (χ2v) is 8.56. The van der Waals surface area contributed by atoms with Crippen LogP contribution in [0.15, 0.2) is 93.8 Å². The Morgan fingerprint density at radius 3 is 2.77 bits per heavy atom. The van der Waals surface area contributed by atoms with Crippen molar-refractivity contribution < 1.29 is 0 Å². The van der Waals surface area contributed by atoms with Gasteiger partial charge in [0.15, 0.2) is 0 Å². The second kappa shape index (κ2) is 7.66. The van der Waals surface area contributed by atoms with E-state index in [9.17, 15) is 4.79 Å². The number of nitrogens with zero attached hydrogens (tertiary/aromatic N) is 1. The monoisotopic (exact) mass is 406 g/mol. The van der Waals surface area contributed by atoms with Gasteiger partial charge in [-0.3, -0.25) is 9.79 Å². The van der Waals surface area contributed by atoms with Crippen LogP contribution in [-0.4, -0.2) is 11.2 Å². The lowest BCUT2D eigenvalue weighted by atomic mass is 9.63. The molecular formula is C28H26N2O. The summed E-state index contributed by atoms with van der Waals surface area (Å²) in [6.07, 6.45) is 12.3. The molecule has 2 atom stereocenters. The van der Waals surface area contributed by atoms with Crippen LogP contribution in [0.2, 0.25) is 0 Å². The molecule has 3 aromatic rings. The third kappa shape index (κ3) is 3.40. The summed E-state index contributed by atoms with van der Waals surface area (Å²) < 4.78 is 0. The molecule has 3 nitrogen and oxygen atoms in total. The van der Waals surface area contributed by atoms with Crippen LogP contribution < -0.4 is 5.56 Å². The molecule has 1 N–H and O–H groups in total. The van der Waals surface area contributed by atoms with Gasteiger partial charge < -0.3 is 4.98 Å². The van der Waals surface area contributed by atoms with Gasteiger partial charge in [0.2, 0.25) is 5.56 Å². The van der Waals surface area contributed by atoms with Gasteiger partial charge in [0.25, 0.3) is 0 Å². The van der Waals surface area contributed by atoms with Crippen molar-refractivity contribution in [1.82, 2.24) is 4.98 Å². The van der Waals surface area contributed by atoms with Crippen molar-refractivity contribution in [1.29, 1.82) is 0 Å². The van der Waals surface area contributed by atoms with Gasteiger partial charge in [-0.15, -0.1) is 0 Å². The molecule has 0 unspecified atom stereocenters. The first kappa shape index (κ1) is 19.5. The first-order valence-corrected chi connectivity index (χ1v) is 10.9. The fourth-order valence-electron chi connectivity index (χ4n) is 5.29. The van der Waals surface area contributed by atoms with Crippen LogP contribution >= 0.6 is 0 Å². The van der Waals surface area contributed by atoms with Crippen molar-refractivity contribution in [2.24, 2.45) is 10.9 Å². The van der Waals surface area contributed by atoms with E-state index in [1.165, 1.54) is 21.9 Å². The summed E-state index contributed by atoms with van der Waals surface area (Å²) in [6.45, 7) is 4.29. The normalized spacial score (nSPS) is 24.1. The number of benzene rings is 2. The van der Waals surface area contributed by atoms with E-state index < -0.39 is 5.54 Å². The molecule has 31 heavy (non-hydrogen) atoms. The maximum absolute atomic E-state index is 12.0. The van der Waals surface area contributed by atoms with Crippen LogP contribution in [0, 0.1) is 5.92 Å². The van der Waals surface area contributed by atoms with Gasteiger partial charge >= 0.3 is 0 Å². The summed E-state index contributed by atoms with van der Waals surface area (Å²) in [5, 5.41) is 2.48. The number of pyridine rings is 1. The predicted molar refractivity (Wildman–Crippen MR) is 130 cm³/mol. The maximum atomic E-state index is 12.0. The van der Waals surface area contributed by atoms with E-state index in [4.69, 9.17) is 4.99 Å². The van der Waals surface area contributed by atoms with Gasteiger partial charge in [-0.2, -0.15) is 0 Å². The Balaban J connectivity index is 1.53. The molecule has 0 spiro atoms. The van der Waals surface area contributed by atoms with E-state index in [-0.39, 0.29) is 11.5 Å². The topological polar surface area (TPSA) is 45.2 Å². The number of hydrogen-bond donors (Lipinski definition) is 1. The minimum absolute atomic E-state index is 0.0446. The summed E-state index contributed by atoms with van der Waals surface area (Å²) in [4.78, 5) is 20.2. The third-order valence-electron chi connectivity index (χ3n) is 6.52. The Morgan fingerprint density at radius 2 is 1.94 bits per heavy atom. The summed E-state index contributed by atoms with van der Waals surface area (Å²) in [5.74, 6) is 0.283. The number of aromatic amines is 1. The Kier molecular flexibility index (Phi) is 4.82. The van der Waals surface area contributed by atoms with Crippen LogP contribution in [0.25, 0.3) is 16.8 Å². The minimum atomic E-state index is -0.441. The average Bonchev–Trinajstić information content (AvgIpc) is 2.76. The molecule has 0 aliphatic heterocycles. The number of aliphatic imine (C=N–C) groups is 1. The molecule has 5 rings (SSSR count). The highest BCUT2D eigenvalue weighted by molar-refractivity contribution is 5.86. The van der Waals surface area contributed by atoms with Crippen molar-refractivity contribution in [3.05, 3.63) is 111 Å². The van der Waals surface area contributed by atoms with Crippen molar-refractivity contribution >= 4 is 23.1 Å². The standard InChI is InChI=1S/C28H26N2O/c1-3-24-23-15-19(2)18-28(24,25-12-13-27(31)30-26(25)17-23)29-14-6-7-20-10-11-21-8-4-5-9-22(21)16-20/h3-16,23H,17-18H2,1-2H3,(H,30,31)/t23-,28+/m0/s1. The van der Waals surface area contributed by atoms with Crippen LogP contribution in [0.4, 0.5) is 0 Å². The number of nitrogens with one attached hydrogen (secondary N) is 1. The van der Waals surface area contributed by atoms with E-state index >= 15 is 0 Å². The fraction of sp³-hybridized carbons (Fsp3) is 0.214. The van der Waals surface area contributed by atoms with Crippen LogP contribution in [-0.2, 0) is 12.0 Å². The van der Waals surface area contributed by atoms with Gasteiger partial charge in [0.05, 0.1) is 0 Å². The Labute approximate surface area is 182 Å². The van der Waals surface area contributed by atoms with Crippen molar-refractivity contribution in [2.45, 2.75) is 32.2 Å². The lowest BCUT2D eigenvalue weighted by molar-refractivity contribution is 0.413. The largest absolute Gasteiger partial charge is 0.326 e. The molecule has 0 amide bonds. The van der Waals surface area contributed by atoms with Gasteiger partial charge in [-0.1, -0.05) is 60.2 Å². The molecule has 2 aliphatic rings. The molecule has 2 aromatic carbocycles. The smallest absolute Gasteiger partial charge is 0.248 e. The zero-order valence-electron chi connectivity index (χ0n) is 17.9. The van der Waals surface area contributed by atoms with Crippen LogP contribution in [0.1, 0.15) is 37.1 Å². The van der Waals surface area contributed by atoms with E-state index in [0.717, 1.165) is 29.7 Å². The minimum Gasteiger partial charge on any atom is -0.326 e. The van der Waals surface area contributed by atoms with E-state index in [0.29, 0.717) is 0 Å². The molecule has 2 aliphatic carbocycles.